The van der Waals surface area contributed by atoms with Gasteiger partial charge in [0.15, 0.2) is 0 Å². The number of benzene rings is 1. The molecule has 0 spiro atoms. The molecule has 1 aromatic carbocycles. The van der Waals surface area contributed by atoms with Gasteiger partial charge in [0.2, 0.25) is 11.8 Å². The maximum absolute atomic E-state index is 13.0. The van der Waals surface area contributed by atoms with Gasteiger partial charge >= 0.3 is 6.18 Å². The van der Waals surface area contributed by atoms with Crippen molar-refractivity contribution >= 4 is 29.9 Å². The summed E-state index contributed by atoms with van der Waals surface area (Å²) in [5.74, 6) is -1.12. The molecular formula is C18H25ClF3N3O2. The van der Waals surface area contributed by atoms with Gasteiger partial charge < -0.3 is 16.0 Å². The van der Waals surface area contributed by atoms with E-state index in [1.165, 1.54) is 6.07 Å². The minimum Gasteiger partial charge on any atom is -0.339 e. The number of nitrogens with two attached hydrogens (primary N) is 1. The lowest BCUT2D eigenvalue weighted by Gasteiger charge is -2.24. The van der Waals surface area contributed by atoms with Crippen LogP contribution in [0.3, 0.4) is 0 Å². The maximum Gasteiger partial charge on any atom is 0.416 e. The van der Waals surface area contributed by atoms with Crippen molar-refractivity contribution in [2.45, 2.75) is 51.9 Å². The zero-order chi connectivity index (χ0) is 19.5. The van der Waals surface area contributed by atoms with Gasteiger partial charge in [0.25, 0.3) is 0 Å². The summed E-state index contributed by atoms with van der Waals surface area (Å²) in [6.07, 6.45) is -2.69. The Hall–Kier alpha value is -1.80. The predicted molar refractivity (Wildman–Crippen MR) is 99.4 cm³/mol. The Bertz CT molecular complexity index is 682. The lowest BCUT2D eigenvalue weighted by Crippen LogP contribution is -2.35. The fourth-order valence-electron chi connectivity index (χ4n) is 3.20. The summed E-state index contributed by atoms with van der Waals surface area (Å²) >= 11 is 0. The van der Waals surface area contributed by atoms with Gasteiger partial charge in [0.1, 0.15) is 0 Å². The molecule has 1 aromatic rings. The van der Waals surface area contributed by atoms with E-state index in [0.29, 0.717) is 0 Å². The fourth-order valence-corrected chi connectivity index (χ4v) is 3.20. The first kappa shape index (κ1) is 23.2. The van der Waals surface area contributed by atoms with E-state index in [9.17, 15) is 22.8 Å². The van der Waals surface area contributed by atoms with Crippen molar-refractivity contribution in [3.8, 4) is 0 Å². The number of anilines is 1. The second kappa shape index (κ2) is 9.41. The summed E-state index contributed by atoms with van der Waals surface area (Å²) < 4.78 is 38.9. The second-order valence-electron chi connectivity index (χ2n) is 6.69. The highest BCUT2D eigenvalue weighted by atomic mass is 35.5. The zero-order valence-electron chi connectivity index (χ0n) is 15.3. The van der Waals surface area contributed by atoms with Crippen molar-refractivity contribution in [1.29, 1.82) is 0 Å². The van der Waals surface area contributed by atoms with E-state index < -0.39 is 23.6 Å². The highest BCUT2D eigenvalue weighted by Crippen LogP contribution is 2.32. The summed E-state index contributed by atoms with van der Waals surface area (Å²) in [4.78, 5) is 26.2. The van der Waals surface area contributed by atoms with Crippen LogP contribution in [-0.2, 0) is 22.3 Å². The predicted octanol–water partition coefficient (Wildman–Crippen LogP) is 3.56. The van der Waals surface area contributed by atoms with Gasteiger partial charge in [-0.2, -0.15) is 13.2 Å². The first-order chi connectivity index (χ1) is 12.2. The summed E-state index contributed by atoms with van der Waals surface area (Å²) in [5, 5.41) is 2.51. The monoisotopic (exact) mass is 407 g/mol. The molecule has 1 aliphatic rings. The average molecular weight is 408 g/mol. The number of likely N-dealkylation sites (tertiary alicyclic amines) is 1. The molecule has 5 nitrogen and oxygen atoms in total. The number of rotatable bonds is 6. The third-order valence-corrected chi connectivity index (χ3v) is 4.59. The van der Waals surface area contributed by atoms with Gasteiger partial charge in [-0.15, -0.1) is 12.4 Å². The highest BCUT2D eigenvalue weighted by molar-refractivity contribution is 5.97. The Kier molecular flexibility index (Phi) is 8.10. The van der Waals surface area contributed by atoms with Gasteiger partial charge in [-0.25, -0.2) is 0 Å². The third-order valence-electron chi connectivity index (χ3n) is 4.59. The molecule has 2 rings (SSSR count). The van der Waals surface area contributed by atoms with Crippen LogP contribution in [0, 0.1) is 5.92 Å². The molecule has 2 atom stereocenters. The van der Waals surface area contributed by atoms with Crippen molar-refractivity contribution in [3.05, 3.63) is 29.3 Å². The van der Waals surface area contributed by atoms with Crippen molar-refractivity contribution in [3.63, 3.8) is 0 Å². The van der Waals surface area contributed by atoms with Gasteiger partial charge in [0.05, 0.1) is 11.5 Å². The van der Waals surface area contributed by atoms with Crippen molar-refractivity contribution in [1.82, 2.24) is 4.90 Å². The minimum absolute atomic E-state index is 0. The van der Waals surface area contributed by atoms with Crippen LogP contribution in [0.5, 0.6) is 0 Å². The van der Waals surface area contributed by atoms with E-state index in [4.69, 9.17) is 5.73 Å². The number of hydrogen-bond acceptors (Lipinski definition) is 3. The van der Waals surface area contributed by atoms with E-state index in [2.05, 4.69) is 5.32 Å². The molecule has 2 unspecified atom stereocenters. The second-order valence-corrected chi connectivity index (χ2v) is 6.69. The maximum atomic E-state index is 13.0. The first-order valence-corrected chi connectivity index (χ1v) is 8.67. The molecule has 27 heavy (non-hydrogen) atoms. The van der Waals surface area contributed by atoms with Crippen molar-refractivity contribution in [2.75, 3.05) is 11.9 Å². The molecule has 0 bridgehead atoms. The molecule has 2 amide bonds. The van der Waals surface area contributed by atoms with Gasteiger partial charge in [-0.05, 0) is 37.1 Å². The van der Waals surface area contributed by atoms with Crippen LogP contribution in [0.2, 0.25) is 0 Å². The lowest BCUT2D eigenvalue weighted by atomic mass is 10.1. The number of amides is 2. The molecule has 1 saturated heterocycles. The van der Waals surface area contributed by atoms with Crippen LogP contribution in [0.1, 0.15) is 44.2 Å². The number of nitrogens with zero attached hydrogens (tertiary/aromatic N) is 1. The average Bonchev–Trinajstić information content (AvgIpc) is 2.96. The molecule has 152 valence electrons. The molecule has 0 aromatic heterocycles. The molecule has 1 fully saturated rings. The van der Waals surface area contributed by atoms with Crippen molar-refractivity contribution < 1.29 is 22.8 Å². The quantitative estimate of drug-likeness (QED) is 0.757. The SMILES string of the molecule is CCCC(C)N1CC(C(=O)Nc2cc(CN)cc(C(F)(F)F)c2)CC1=O.Cl. The smallest absolute Gasteiger partial charge is 0.339 e. The molecule has 1 heterocycles. The first-order valence-electron chi connectivity index (χ1n) is 8.67. The number of carbonyl (C=O) groups excluding carboxylic acids is 2. The largest absolute Gasteiger partial charge is 0.416 e. The normalized spacial score (nSPS) is 18.2. The molecule has 0 radical (unpaired) electrons. The third kappa shape index (κ3) is 5.84. The number of nitrogens with one attached hydrogen (secondary N) is 1. The van der Waals surface area contributed by atoms with Crippen molar-refractivity contribution in [2.24, 2.45) is 11.7 Å². The van der Waals surface area contributed by atoms with Crippen LogP contribution < -0.4 is 11.1 Å². The Morgan fingerprint density at radius 1 is 1.37 bits per heavy atom. The molecule has 9 heteroatoms. The van der Waals surface area contributed by atoms with Gasteiger partial charge in [0, 0.05) is 31.2 Å². The van der Waals surface area contributed by atoms with E-state index in [1.54, 1.807) is 4.90 Å². The topological polar surface area (TPSA) is 75.4 Å². The van der Waals surface area contributed by atoms with E-state index >= 15 is 0 Å². The van der Waals surface area contributed by atoms with Crippen LogP contribution >= 0.6 is 12.4 Å². The number of alkyl halides is 3. The Morgan fingerprint density at radius 3 is 2.59 bits per heavy atom. The molecule has 0 saturated carbocycles. The summed E-state index contributed by atoms with van der Waals surface area (Å²) in [7, 11) is 0. The summed E-state index contributed by atoms with van der Waals surface area (Å²) in [5.41, 5.74) is 4.90. The Labute approximate surface area is 162 Å². The van der Waals surface area contributed by atoms with Crippen LogP contribution in [0.4, 0.5) is 18.9 Å². The molecular weight excluding hydrogens is 383 g/mol. The van der Waals surface area contributed by atoms with Crippen LogP contribution in [0.25, 0.3) is 0 Å². The molecule has 3 N–H and O–H groups in total. The standard InChI is InChI=1S/C18H24F3N3O2.ClH/c1-3-4-11(2)24-10-13(7-16(24)25)17(26)23-15-6-12(9-22)5-14(8-15)18(19,20)21;/h5-6,8,11,13H,3-4,7,9-10,22H2,1-2H3,(H,23,26);1H. The van der Waals surface area contributed by atoms with Crippen LogP contribution in [0.15, 0.2) is 18.2 Å². The van der Waals surface area contributed by atoms with Gasteiger partial charge in [-0.3, -0.25) is 9.59 Å². The Balaban J connectivity index is 0.00000364. The molecule has 0 aliphatic carbocycles. The van der Waals surface area contributed by atoms with Crippen LogP contribution in [-0.4, -0.2) is 29.3 Å². The number of carbonyl (C=O) groups is 2. The number of halogens is 4. The fraction of sp³-hybridized carbons (Fsp3) is 0.556. The van der Waals surface area contributed by atoms with Gasteiger partial charge in [-0.1, -0.05) is 13.3 Å². The summed E-state index contributed by atoms with van der Waals surface area (Å²) in [6, 6.07) is 3.30. The summed E-state index contributed by atoms with van der Waals surface area (Å²) in [6.45, 7) is 4.16. The Morgan fingerprint density at radius 2 is 2.04 bits per heavy atom. The lowest BCUT2D eigenvalue weighted by molar-refractivity contribution is -0.137. The highest BCUT2D eigenvalue weighted by Gasteiger charge is 2.37. The van der Waals surface area contributed by atoms with E-state index in [0.717, 1.165) is 25.0 Å². The molecule has 1 aliphatic heterocycles. The van der Waals surface area contributed by atoms with E-state index in [-0.39, 0.29) is 55.1 Å². The zero-order valence-corrected chi connectivity index (χ0v) is 16.1. The van der Waals surface area contributed by atoms with E-state index in [1.807, 2.05) is 13.8 Å². The number of hydrogen-bond donors (Lipinski definition) is 2. The minimum atomic E-state index is -4.53.